The van der Waals surface area contributed by atoms with Gasteiger partial charge < -0.3 is 10.1 Å². The zero-order chi connectivity index (χ0) is 12.5. The van der Waals surface area contributed by atoms with Gasteiger partial charge in [0.15, 0.2) is 0 Å². The molecule has 0 saturated heterocycles. The fourth-order valence-electron chi connectivity index (χ4n) is 2.46. The topological polar surface area (TPSA) is 21.3 Å². The molecule has 3 rings (SSSR count). The summed E-state index contributed by atoms with van der Waals surface area (Å²) >= 11 is 1.92. The highest BCUT2D eigenvalue weighted by Gasteiger charge is 2.29. The number of methoxy groups -OCH3 is 1. The molecule has 0 bridgehead atoms. The normalized spacial score (nSPS) is 15.2. The van der Waals surface area contributed by atoms with Crippen LogP contribution >= 0.6 is 11.3 Å². The third-order valence-electron chi connectivity index (χ3n) is 3.53. The molecule has 3 heteroatoms. The van der Waals surface area contributed by atoms with Gasteiger partial charge in [0, 0.05) is 16.1 Å². The summed E-state index contributed by atoms with van der Waals surface area (Å²) in [4.78, 5) is 1.52. The van der Waals surface area contributed by atoms with Crippen LogP contribution in [0.15, 0.2) is 18.2 Å². The third kappa shape index (κ3) is 2.13. The lowest BCUT2D eigenvalue weighted by atomic mass is 10.1. The van der Waals surface area contributed by atoms with Gasteiger partial charge in [0.25, 0.3) is 0 Å². The molecule has 1 aliphatic rings. The molecule has 1 saturated carbocycles. The number of nitrogens with one attached hydrogen (secondary N) is 1. The predicted molar refractivity (Wildman–Crippen MR) is 77.7 cm³/mol. The Balaban J connectivity index is 2.06. The Morgan fingerprint density at radius 3 is 2.89 bits per heavy atom. The van der Waals surface area contributed by atoms with Crippen molar-refractivity contribution in [2.75, 3.05) is 13.7 Å². The van der Waals surface area contributed by atoms with Crippen molar-refractivity contribution in [3.63, 3.8) is 0 Å². The highest BCUT2D eigenvalue weighted by Crippen LogP contribution is 2.48. The van der Waals surface area contributed by atoms with Crippen LogP contribution in [-0.4, -0.2) is 13.7 Å². The molecule has 1 aromatic heterocycles. The van der Waals surface area contributed by atoms with Crippen molar-refractivity contribution in [1.82, 2.24) is 5.32 Å². The standard InChI is InChI=1S/C15H19NOS/c1-3-16-9-14-15(10-4-5-10)12-7-6-11(17-2)8-13(12)18-14/h6-8,10,16H,3-5,9H2,1-2H3. The summed E-state index contributed by atoms with van der Waals surface area (Å²) in [5.41, 5.74) is 1.60. The van der Waals surface area contributed by atoms with Gasteiger partial charge in [-0.1, -0.05) is 6.92 Å². The molecule has 1 N–H and O–H groups in total. The van der Waals surface area contributed by atoms with Crippen molar-refractivity contribution in [1.29, 1.82) is 0 Å². The largest absolute Gasteiger partial charge is 0.497 e. The van der Waals surface area contributed by atoms with Gasteiger partial charge in [0.1, 0.15) is 5.75 Å². The van der Waals surface area contributed by atoms with Crippen LogP contribution in [0.3, 0.4) is 0 Å². The molecule has 0 radical (unpaired) electrons. The van der Waals surface area contributed by atoms with Crippen molar-refractivity contribution < 1.29 is 4.74 Å². The van der Waals surface area contributed by atoms with Crippen molar-refractivity contribution in [2.24, 2.45) is 0 Å². The first kappa shape index (κ1) is 12.0. The summed E-state index contributed by atoms with van der Waals surface area (Å²) in [7, 11) is 1.73. The Bertz CT molecular complexity index is 557. The number of hydrogen-bond acceptors (Lipinski definition) is 3. The van der Waals surface area contributed by atoms with Crippen molar-refractivity contribution in [3.05, 3.63) is 28.6 Å². The van der Waals surface area contributed by atoms with Crippen molar-refractivity contribution in [2.45, 2.75) is 32.2 Å². The SMILES string of the molecule is CCNCc1sc2cc(OC)ccc2c1C1CC1. The van der Waals surface area contributed by atoms with Crippen molar-refractivity contribution in [3.8, 4) is 5.75 Å². The molecule has 0 amide bonds. The van der Waals surface area contributed by atoms with E-state index in [1.165, 1.54) is 27.8 Å². The quantitative estimate of drug-likeness (QED) is 0.881. The van der Waals surface area contributed by atoms with Crippen LogP contribution in [0.25, 0.3) is 10.1 Å². The number of ether oxygens (including phenoxy) is 1. The van der Waals surface area contributed by atoms with Gasteiger partial charge in [-0.15, -0.1) is 11.3 Å². The maximum absolute atomic E-state index is 5.32. The van der Waals surface area contributed by atoms with E-state index in [0.717, 1.165) is 24.8 Å². The summed E-state index contributed by atoms with van der Waals surface area (Å²) in [5, 5.41) is 4.90. The molecule has 0 spiro atoms. The predicted octanol–water partition coefficient (Wildman–Crippen LogP) is 3.90. The molecule has 2 aromatic rings. The highest BCUT2D eigenvalue weighted by atomic mass is 32.1. The van der Waals surface area contributed by atoms with Gasteiger partial charge in [-0.05, 0) is 54.5 Å². The van der Waals surface area contributed by atoms with Crippen LogP contribution in [-0.2, 0) is 6.54 Å². The Morgan fingerprint density at radius 2 is 2.22 bits per heavy atom. The molecule has 18 heavy (non-hydrogen) atoms. The van der Waals surface area contributed by atoms with Crippen LogP contribution < -0.4 is 10.1 Å². The zero-order valence-electron chi connectivity index (χ0n) is 11.0. The first-order valence-corrected chi connectivity index (χ1v) is 7.45. The second-order valence-corrected chi connectivity index (χ2v) is 5.99. The fourth-order valence-corrected chi connectivity index (χ4v) is 3.75. The van der Waals surface area contributed by atoms with Gasteiger partial charge in [-0.2, -0.15) is 0 Å². The molecule has 0 unspecified atom stereocenters. The summed E-state index contributed by atoms with van der Waals surface area (Å²) in [5.74, 6) is 1.77. The van der Waals surface area contributed by atoms with E-state index in [1.54, 1.807) is 12.7 Å². The van der Waals surface area contributed by atoms with E-state index >= 15 is 0 Å². The van der Waals surface area contributed by atoms with Gasteiger partial charge >= 0.3 is 0 Å². The maximum Gasteiger partial charge on any atom is 0.120 e. The molecule has 0 aliphatic heterocycles. The van der Waals surface area contributed by atoms with E-state index in [9.17, 15) is 0 Å². The van der Waals surface area contributed by atoms with E-state index in [4.69, 9.17) is 4.74 Å². The maximum atomic E-state index is 5.32. The summed E-state index contributed by atoms with van der Waals surface area (Å²) in [6.07, 6.45) is 2.72. The smallest absolute Gasteiger partial charge is 0.120 e. The van der Waals surface area contributed by atoms with Crippen LogP contribution in [0, 0.1) is 0 Å². The minimum absolute atomic E-state index is 0.806. The highest BCUT2D eigenvalue weighted by molar-refractivity contribution is 7.19. The lowest BCUT2D eigenvalue weighted by molar-refractivity contribution is 0.415. The first-order chi connectivity index (χ1) is 8.83. The van der Waals surface area contributed by atoms with Gasteiger partial charge in [-0.3, -0.25) is 0 Å². The van der Waals surface area contributed by atoms with Crippen LogP contribution in [0.2, 0.25) is 0 Å². The average Bonchev–Trinajstić information content (AvgIpc) is 3.16. The molecule has 1 heterocycles. The fraction of sp³-hybridized carbons (Fsp3) is 0.467. The first-order valence-electron chi connectivity index (χ1n) is 6.63. The second kappa shape index (κ2) is 4.90. The Labute approximate surface area is 112 Å². The third-order valence-corrected chi connectivity index (χ3v) is 4.70. The molecule has 96 valence electrons. The van der Waals surface area contributed by atoms with E-state index < -0.39 is 0 Å². The van der Waals surface area contributed by atoms with Crippen LogP contribution in [0.5, 0.6) is 5.75 Å². The minimum Gasteiger partial charge on any atom is -0.497 e. The number of rotatable bonds is 5. The molecule has 1 aromatic carbocycles. The lowest BCUT2D eigenvalue weighted by Crippen LogP contribution is -2.11. The Kier molecular flexibility index (Phi) is 3.27. The monoisotopic (exact) mass is 261 g/mol. The van der Waals surface area contributed by atoms with Gasteiger partial charge in [0.05, 0.1) is 7.11 Å². The summed E-state index contributed by atoms with van der Waals surface area (Å²) in [6, 6.07) is 6.48. The number of hydrogen-bond donors (Lipinski definition) is 1. The number of fused-ring (bicyclic) bond motifs is 1. The van der Waals surface area contributed by atoms with E-state index in [0.29, 0.717) is 0 Å². The molecule has 2 nitrogen and oxygen atoms in total. The molecular weight excluding hydrogens is 242 g/mol. The Hall–Kier alpha value is -1.06. The number of benzene rings is 1. The number of thiophene rings is 1. The van der Waals surface area contributed by atoms with Gasteiger partial charge in [0.2, 0.25) is 0 Å². The van der Waals surface area contributed by atoms with Gasteiger partial charge in [-0.25, -0.2) is 0 Å². The summed E-state index contributed by atoms with van der Waals surface area (Å²) < 4.78 is 6.68. The average molecular weight is 261 g/mol. The van der Waals surface area contributed by atoms with Crippen molar-refractivity contribution >= 4 is 21.4 Å². The van der Waals surface area contributed by atoms with E-state index in [1.807, 2.05) is 11.3 Å². The molecule has 0 atom stereocenters. The molecule has 1 fully saturated rings. The van der Waals surface area contributed by atoms with E-state index in [2.05, 4.69) is 30.4 Å². The molecular formula is C15H19NOS. The Morgan fingerprint density at radius 1 is 1.39 bits per heavy atom. The second-order valence-electron chi connectivity index (χ2n) is 4.86. The molecule has 1 aliphatic carbocycles. The van der Waals surface area contributed by atoms with Crippen LogP contribution in [0.4, 0.5) is 0 Å². The lowest BCUT2D eigenvalue weighted by Gasteiger charge is -2.03. The zero-order valence-corrected chi connectivity index (χ0v) is 11.8. The van der Waals surface area contributed by atoms with Crippen LogP contribution in [0.1, 0.15) is 36.1 Å². The van der Waals surface area contributed by atoms with E-state index in [-0.39, 0.29) is 0 Å². The minimum atomic E-state index is 0.806. The summed E-state index contributed by atoms with van der Waals surface area (Å²) in [6.45, 7) is 4.19.